The van der Waals surface area contributed by atoms with Crippen LogP contribution in [0.5, 0.6) is 11.5 Å². The first-order chi connectivity index (χ1) is 14.1. The Bertz CT molecular complexity index is 818. The normalized spacial score (nSPS) is 16.8. The van der Waals surface area contributed by atoms with Crippen molar-refractivity contribution in [1.82, 2.24) is 10.6 Å². The maximum absolute atomic E-state index is 12.6. The molecule has 29 heavy (non-hydrogen) atoms. The zero-order chi connectivity index (χ0) is 20.6. The second-order valence-electron chi connectivity index (χ2n) is 6.70. The van der Waals surface area contributed by atoms with Crippen molar-refractivity contribution in [2.24, 2.45) is 4.99 Å². The molecule has 0 aliphatic carbocycles. The zero-order valence-electron chi connectivity index (χ0n) is 16.6. The summed E-state index contributed by atoms with van der Waals surface area (Å²) in [6, 6.07) is 15.5. The Hall–Kier alpha value is -3.03. The van der Waals surface area contributed by atoms with Gasteiger partial charge in [0.15, 0.2) is 17.5 Å². The van der Waals surface area contributed by atoms with E-state index in [1.165, 1.54) is 18.9 Å². The third-order valence-electron chi connectivity index (χ3n) is 4.78. The number of rotatable bonds is 7. The van der Waals surface area contributed by atoms with Crippen LogP contribution < -0.4 is 25.0 Å². The van der Waals surface area contributed by atoms with Crippen molar-refractivity contribution in [1.29, 1.82) is 0 Å². The van der Waals surface area contributed by atoms with Gasteiger partial charge in [-0.2, -0.15) is 8.78 Å². The Balaban J connectivity index is 1.55. The summed E-state index contributed by atoms with van der Waals surface area (Å²) >= 11 is 0. The maximum atomic E-state index is 12.6. The molecule has 6 nitrogen and oxygen atoms in total. The van der Waals surface area contributed by atoms with Gasteiger partial charge >= 0.3 is 6.61 Å². The Morgan fingerprint density at radius 1 is 1.21 bits per heavy atom. The minimum absolute atomic E-state index is 0.0130. The first kappa shape index (κ1) is 20.7. The van der Waals surface area contributed by atoms with Gasteiger partial charge in [0.2, 0.25) is 0 Å². The van der Waals surface area contributed by atoms with E-state index in [9.17, 15) is 8.78 Å². The lowest BCUT2D eigenvalue weighted by atomic mass is 10.2. The summed E-state index contributed by atoms with van der Waals surface area (Å²) in [6.45, 7) is -0.625. The number of nitrogens with zero attached hydrogens (tertiary/aromatic N) is 2. The Morgan fingerprint density at radius 2 is 2.00 bits per heavy atom. The summed E-state index contributed by atoms with van der Waals surface area (Å²) in [5.74, 6) is 0.944. The van der Waals surface area contributed by atoms with E-state index >= 15 is 0 Å². The topological polar surface area (TPSA) is 58.1 Å². The molecule has 0 spiro atoms. The molecular formula is C21H26F2N4O2. The number of guanidine groups is 1. The summed E-state index contributed by atoms with van der Waals surface area (Å²) in [5.41, 5.74) is 1.99. The van der Waals surface area contributed by atoms with Gasteiger partial charge in [0, 0.05) is 38.4 Å². The number of aliphatic imine (C=N–C) groups is 1. The summed E-state index contributed by atoms with van der Waals surface area (Å²) in [4.78, 5) is 6.60. The lowest BCUT2D eigenvalue weighted by molar-refractivity contribution is -0.0512. The van der Waals surface area contributed by atoms with Gasteiger partial charge in [0.05, 0.1) is 7.11 Å². The number of nitrogens with one attached hydrogen (secondary N) is 2. The third-order valence-corrected chi connectivity index (χ3v) is 4.78. The van der Waals surface area contributed by atoms with Gasteiger partial charge in [0.25, 0.3) is 0 Å². The van der Waals surface area contributed by atoms with Crippen molar-refractivity contribution in [2.75, 3.05) is 32.1 Å². The predicted octanol–water partition coefficient (Wildman–Crippen LogP) is 3.24. The van der Waals surface area contributed by atoms with Crippen LogP contribution in [0.15, 0.2) is 53.5 Å². The van der Waals surface area contributed by atoms with E-state index in [4.69, 9.17) is 4.74 Å². The number of anilines is 1. The molecular weight excluding hydrogens is 378 g/mol. The number of alkyl halides is 2. The van der Waals surface area contributed by atoms with Gasteiger partial charge in [-0.05, 0) is 36.2 Å². The molecule has 3 rings (SSSR count). The first-order valence-corrected chi connectivity index (χ1v) is 9.48. The fraction of sp³-hybridized carbons (Fsp3) is 0.381. The third kappa shape index (κ3) is 5.73. The van der Waals surface area contributed by atoms with Gasteiger partial charge in [0.1, 0.15) is 0 Å². The van der Waals surface area contributed by atoms with Crippen molar-refractivity contribution in [3.8, 4) is 11.5 Å². The number of ether oxygens (including phenoxy) is 2. The molecule has 1 unspecified atom stereocenters. The van der Waals surface area contributed by atoms with Crippen LogP contribution >= 0.6 is 0 Å². The Kier molecular flexibility index (Phi) is 7.10. The van der Waals surface area contributed by atoms with Crippen molar-refractivity contribution < 1.29 is 18.3 Å². The van der Waals surface area contributed by atoms with E-state index < -0.39 is 6.61 Å². The van der Waals surface area contributed by atoms with E-state index in [1.54, 1.807) is 19.2 Å². The number of hydrogen-bond donors (Lipinski definition) is 2. The van der Waals surface area contributed by atoms with Gasteiger partial charge < -0.3 is 25.0 Å². The molecule has 0 radical (unpaired) electrons. The highest BCUT2D eigenvalue weighted by atomic mass is 19.3. The number of para-hydroxylation sites is 1. The quantitative estimate of drug-likeness (QED) is 0.548. The van der Waals surface area contributed by atoms with E-state index in [1.807, 2.05) is 18.2 Å². The molecule has 156 valence electrons. The second-order valence-corrected chi connectivity index (χ2v) is 6.70. The lowest BCUT2D eigenvalue weighted by Crippen LogP contribution is -2.44. The summed E-state index contributed by atoms with van der Waals surface area (Å²) in [6.07, 6.45) is 1.00. The zero-order valence-corrected chi connectivity index (χ0v) is 16.6. The van der Waals surface area contributed by atoms with Gasteiger partial charge in [-0.15, -0.1) is 0 Å². The largest absolute Gasteiger partial charge is 0.493 e. The van der Waals surface area contributed by atoms with E-state index in [0.717, 1.165) is 25.1 Å². The van der Waals surface area contributed by atoms with Crippen molar-refractivity contribution in [3.63, 3.8) is 0 Å². The lowest BCUT2D eigenvalue weighted by Gasteiger charge is -2.20. The van der Waals surface area contributed by atoms with Gasteiger partial charge in [-0.3, -0.25) is 4.99 Å². The highest BCUT2D eigenvalue weighted by Gasteiger charge is 2.23. The highest BCUT2D eigenvalue weighted by Crippen LogP contribution is 2.29. The summed E-state index contributed by atoms with van der Waals surface area (Å²) in [7, 11) is 3.12. The smallest absolute Gasteiger partial charge is 0.387 e. The number of hydrogen-bond acceptors (Lipinski definition) is 4. The van der Waals surface area contributed by atoms with Gasteiger partial charge in [-0.1, -0.05) is 24.3 Å². The number of halogens is 2. The molecule has 2 aromatic carbocycles. The molecule has 1 aliphatic heterocycles. The Morgan fingerprint density at radius 3 is 2.69 bits per heavy atom. The number of benzene rings is 2. The minimum atomic E-state index is -2.91. The fourth-order valence-electron chi connectivity index (χ4n) is 3.34. The van der Waals surface area contributed by atoms with Crippen LogP contribution in [-0.4, -0.2) is 45.9 Å². The Labute approximate surface area is 169 Å². The molecule has 0 bridgehead atoms. The molecule has 1 fully saturated rings. The molecule has 0 saturated carbocycles. The van der Waals surface area contributed by atoms with Crippen molar-refractivity contribution >= 4 is 11.6 Å². The van der Waals surface area contributed by atoms with E-state index in [-0.39, 0.29) is 17.5 Å². The molecule has 0 amide bonds. The maximum Gasteiger partial charge on any atom is 0.387 e. The fourth-order valence-corrected chi connectivity index (χ4v) is 3.34. The molecule has 8 heteroatoms. The molecule has 1 atom stereocenters. The van der Waals surface area contributed by atoms with E-state index in [2.05, 4.69) is 37.4 Å². The molecule has 1 aliphatic rings. The van der Waals surface area contributed by atoms with Crippen molar-refractivity contribution in [3.05, 3.63) is 54.1 Å². The molecule has 2 aromatic rings. The second kappa shape index (κ2) is 9.95. The predicted molar refractivity (Wildman–Crippen MR) is 110 cm³/mol. The molecule has 1 saturated heterocycles. The van der Waals surface area contributed by atoms with Crippen LogP contribution in [0, 0.1) is 0 Å². The van der Waals surface area contributed by atoms with E-state index in [0.29, 0.717) is 12.5 Å². The average molecular weight is 404 g/mol. The molecule has 1 heterocycles. The van der Waals surface area contributed by atoms with Crippen LogP contribution in [0.4, 0.5) is 14.5 Å². The molecule has 2 N–H and O–H groups in total. The number of methoxy groups -OCH3 is 1. The van der Waals surface area contributed by atoms with Crippen LogP contribution in [0.1, 0.15) is 12.0 Å². The monoisotopic (exact) mass is 404 g/mol. The van der Waals surface area contributed by atoms with Gasteiger partial charge in [-0.25, -0.2) is 0 Å². The van der Waals surface area contributed by atoms with Crippen LogP contribution in [0.3, 0.4) is 0 Å². The van der Waals surface area contributed by atoms with Crippen LogP contribution in [0.2, 0.25) is 0 Å². The van der Waals surface area contributed by atoms with Crippen molar-refractivity contribution in [2.45, 2.75) is 25.6 Å². The molecule has 0 aromatic heterocycles. The van der Waals surface area contributed by atoms with Crippen LogP contribution in [0.25, 0.3) is 0 Å². The summed E-state index contributed by atoms with van der Waals surface area (Å²) in [5, 5.41) is 6.65. The van der Waals surface area contributed by atoms with Crippen LogP contribution in [-0.2, 0) is 6.54 Å². The minimum Gasteiger partial charge on any atom is -0.493 e. The SMILES string of the molecule is CN=C(NCc1ccc(OC)c(OC(F)F)c1)NC1CCN(c2ccccc2)C1. The summed E-state index contributed by atoms with van der Waals surface area (Å²) < 4.78 is 34.8. The first-order valence-electron chi connectivity index (χ1n) is 9.48. The standard InChI is InChI=1S/C21H26F2N4O2/c1-24-21(26-16-10-11-27(14-16)17-6-4-3-5-7-17)25-13-15-8-9-18(28-2)19(12-15)29-20(22)23/h3-9,12,16,20H,10-11,13-14H2,1-2H3,(H2,24,25,26). The highest BCUT2D eigenvalue weighted by molar-refractivity contribution is 5.80. The average Bonchev–Trinajstić information content (AvgIpc) is 3.20.